The molecule has 0 atom stereocenters. The van der Waals surface area contributed by atoms with Crippen molar-refractivity contribution in [1.82, 2.24) is 5.32 Å². The van der Waals surface area contributed by atoms with Crippen molar-refractivity contribution in [2.75, 3.05) is 31.6 Å². The van der Waals surface area contributed by atoms with Crippen molar-refractivity contribution in [3.8, 4) is 0 Å². The molecule has 20 heavy (non-hydrogen) atoms. The third kappa shape index (κ3) is 2.72. The topological polar surface area (TPSA) is 15.3 Å². The second-order valence-corrected chi connectivity index (χ2v) is 4.99. The summed E-state index contributed by atoms with van der Waals surface area (Å²) in [6.07, 6.45) is 1.61. The fourth-order valence-electron chi connectivity index (χ4n) is 2.47. The maximum atomic E-state index is 13.6. The number of anilines is 1. The van der Waals surface area contributed by atoms with Gasteiger partial charge in [0, 0.05) is 13.6 Å². The smallest absolute Gasteiger partial charge is 0.200 e. The lowest BCUT2D eigenvalue weighted by Gasteiger charge is -2.29. The highest BCUT2D eigenvalue weighted by Gasteiger charge is 2.28. The minimum atomic E-state index is -2.13. The highest BCUT2D eigenvalue weighted by atomic mass is 19.2. The minimum Gasteiger partial charge on any atom is -0.369 e. The van der Waals surface area contributed by atoms with Gasteiger partial charge in [0.15, 0.2) is 23.3 Å². The van der Waals surface area contributed by atoms with Gasteiger partial charge in [-0.15, -0.1) is 0 Å². The molecule has 0 amide bonds. The molecule has 1 saturated heterocycles. The van der Waals surface area contributed by atoms with Crippen molar-refractivity contribution in [2.45, 2.75) is 12.8 Å². The van der Waals surface area contributed by atoms with Gasteiger partial charge >= 0.3 is 0 Å². The first-order valence-electron chi connectivity index (χ1n) is 6.36. The standard InChI is InChI=1S/C13H15F5N2/c1-20(6-7-2-4-19-5-3-7)13-11(17)9(15)8(14)10(16)12(13)18/h7,19H,2-6H2,1H3. The van der Waals surface area contributed by atoms with Gasteiger partial charge in [0.1, 0.15) is 5.69 Å². The molecular weight excluding hydrogens is 279 g/mol. The number of benzene rings is 1. The number of hydrogen-bond acceptors (Lipinski definition) is 2. The molecule has 1 fully saturated rings. The number of rotatable bonds is 3. The van der Waals surface area contributed by atoms with Crippen LogP contribution in [0.25, 0.3) is 0 Å². The molecule has 1 aromatic carbocycles. The fraction of sp³-hybridized carbons (Fsp3) is 0.538. The third-order valence-electron chi connectivity index (χ3n) is 3.56. The van der Waals surface area contributed by atoms with Crippen molar-refractivity contribution in [1.29, 1.82) is 0 Å². The van der Waals surface area contributed by atoms with Crippen LogP contribution in [-0.2, 0) is 0 Å². The molecular formula is C13H15F5N2. The number of hydrogen-bond donors (Lipinski definition) is 1. The maximum Gasteiger partial charge on any atom is 0.200 e. The Morgan fingerprint density at radius 2 is 1.35 bits per heavy atom. The number of halogens is 5. The number of nitrogens with zero attached hydrogens (tertiary/aromatic N) is 1. The Morgan fingerprint density at radius 3 is 1.85 bits per heavy atom. The van der Waals surface area contributed by atoms with Crippen LogP contribution in [0.15, 0.2) is 0 Å². The largest absolute Gasteiger partial charge is 0.369 e. The van der Waals surface area contributed by atoms with E-state index in [4.69, 9.17) is 0 Å². The molecule has 1 N–H and O–H groups in total. The van der Waals surface area contributed by atoms with E-state index >= 15 is 0 Å². The summed E-state index contributed by atoms with van der Waals surface area (Å²) in [5.74, 6) is -9.34. The molecule has 1 aliphatic rings. The van der Waals surface area contributed by atoms with Crippen LogP contribution in [0.2, 0.25) is 0 Å². The predicted molar refractivity (Wildman–Crippen MR) is 65.1 cm³/mol. The first-order chi connectivity index (χ1) is 9.43. The second-order valence-electron chi connectivity index (χ2n) is 4.99. The molecule has 1 aromatic rings. The van der Waals surface area contributed by atoms with E-state index in [1.165, 1.54) is 7.05 Å². The number of piperidine rings is 1. The van der Waals surface area contributed by atoms with Crippen LogP contribution in [0.5, 0.6) is 0 Å². The molecule has 2 nitrogen and oxygen atoms in total. The Hall–Kier alpha value is -1.37. The zero-order chi connectivity index (χ0) is 14.9. The zero-order valence-corrected chi connectivity index (χ0v) is 10.9. The molecule has 0 spiro atoms. The Bertz CT molecular complexity index is 471. The second kappa shape index (κ2) is 5.95. The van der Waals surface area contributed by atoms with Gasteiger partial charge in [-0.05, 0) is 31.8 Å². The van der Waals surface area contributed by atoms with Crippen LogP contribution in [0.4, 0.5) is 27.6 Å². The summed E-state index contributed by atoms with van der Waals surface area (Å²) in [6.45, 7) is 1.82. The van der Waals surface area contributed by atoms with Crippen molar-refractivity contribution in [3.63, 3.8) is 0 Å². The van der Waals surface area contributed by atoms with Crippen molar-refractivity contribution in [3.05, 3.63) is 29.1 Å². The van der Waals surface area contributed by atoms with Gasteiger partial charge in [-0.25, -0.2) is 22.0 Å². The van der Waals surface area contributed by atoms with Gasteiger partial charge in [-0.3, -0.25) is 0 Å². The Balaban J connectivity index is 2.27. The molecule has 0 aromatic heterocycles. The lowest BCUT2D eigenvalue weighted by molar-refractivity contribution is 0.363. The van der Waals surface area contributed by atoms with E-state index in [0.717, 1.165) is 30.8 Å². The van der Waals surface area contributed by atoms with Crippen molar-refractivity contribution in [2.24, 2.45) is 5.92 Å². The summed E-state index contributed by atoms with van der Waals surface area (Å²) < 4.78 is 66.5. The Labute approximate surface area is 113 Å². The lowest BCUT2D eigenvalue weighted by Crippen LogP contribution is -2.35. The summed E-state index contributed by atoms with van der Waals surface area (Å²) in [5.41, 5.74) is -0.861. The van der Waals surface area contributed by atoms with E-state index in [1.807, 2.05) is 0 Å². The van der Waals surface area contributed by atoms with Gasteiger partial charge < -0.3 is 10.2 Å². The fourth-order valence-corrected chi connectivity index (χ4v) is 2.47. The van der Waals surface area contributed by atoms with Crippen molar-refractivity contribution >= 4 is 5.69 Å². The van der Waals surface area contributed by atoms with Gasteiger partial charge in [0.25, 0.3) is 0 Å². The molecule has 1 aliphatic heterocycles. The van der Waals surface area contributed by atoms with E-state index in [9.17, 15) is 22.0 Å². The molecule has 0 saturated carbocycles. The van der Waals surface area contributed by atoms with Gasteiger partial charge in [0.2, 0.25) is 5.82 Å². The molecule has 7 heteroatoms. The quantitative estimate of drug-likeness (QED) is 0.524. The predicted octanol–water partition coefficient (Wildman–Crippen LogP) is 2.82. The Kier molecular flexibility index (Phi) is 4.47. The van der Waals surface area contributed by atoms with E-state index in [0.29, 0.717) is 0 Å². The van der Waals surface area contributed by atoms with Crippen LogP contribution in [0, 0.1) is 35.0 Å². The minimum absolute atomic E-state index is 0.163. The first kappa shape index (κ1) is 15.0. The van der Waals surface area contributed by atoms with Crippen LogP contribution in [-0.4, -0.2) is 26.7 Å². The van der Waals surface area contributed by atoms with Gasteiger partial charge in [0.05, 0.1) is 0 Å². The van der Waals surface area contributed by atoms with E-state index in [1.54, 1.807) is 0 Å². The van der Waals surface area contributed by atoms with E-state index in [-0.39, 0.29) is 12.5 Å². The zero-order valence-electron chi connectivity index (χ0n) is 10.9. The number of nitrogens with one attached hydrogen (secondary N) is 1. The summed E-state index contributed by atoms with van der Waals surface area (Å²) in [5, 5.41) is 3.14. The first-order valence-corrected chi connectivity index (χ1v) is 6.36. The average Bonchev–Trinajstić information content (AvgIpc) is 2.44. The SMILES string of the molecule is CN(CC1CCNCC1)c1c(F)c(F)c(F)c(F)c1F. The van der Waals surface area contributed by atoms with E-state index < -0.39 is 34.8 Å². The average molecular weight is 294 g/mol. The highest BCUT2D eigenvalue weighted by Crippen LogP contribution is 2.30. The molecule has 0 bridgehead atoms. The molecule has 112 valence electrons. The van der Waals surface area contributed by atoms with Gasteiger partial charge in [-0.2, -0.15) is 0 Å². The van der Waals surface area contributed by atoms with Crippen molar-refractivity contribution < 1.29 is 22.0 Å². The summed E-state index contributed by atoms with van der Waals surface area (Å²) >= 11 is 0. The maximum absolute atomic E-state index is 13.6. The monoisotopic (exact) mass is 294 g/mol. The lowest BCUT2D eigenvalue weighted by atomic mass is 9.97. The van der Waals surface area contributed by atoms with Gasteiger partial charge in [-0.1, -0.05) is 0 Å². The normalized spacial score (nSPS) is 16.5. The molecule has 0 aliphatic carbocycles. The molecule has 0 unspecified atom stereocenters. The molecule has 2 rings (SSSR count). The Morgan fingerprint density at radius 1 is 0.900 bits per heavy atom. The summed E-state index contributed by atoms with van der Waals surface area (Å²) in [4.78, 5) is 1.10. The van der Waals surface area contributed by atoms with Crippen LogP contribution in [0.1, 0.15) is 12.8 Å². The van der Waals surface area contributed by atoms with Crippen LogP contribution < -0.4 is 10.2 Å². The molecule has 0 radical (unpaired) electrons. The van der Waals surface area contributed by atoms with Crippen LogP contribution >= 0.6 is 0 Å². The summed E-state index contributed by atoms with van der Waals surface area (Å²) in [7, 11) is 1.33. The van der Waals surface area contributed by atoms with Crippen LogP contribution in [0.3, 0.4) is 0 Å². The molecule has 1 heterocycles. The highest BCUT2D eigenvalue weighted by molar-refractivity contribution is 5.49. The summed E-state index contributed by atoms with van der Waals surface area (Å²) in [6, 6.07) is 0. The third-order valence-corrected chi connectivity index (χ3v) is 3.56. The van der Waals surface area contributed by atoms with E-state index in [2.05, 4.69) is 5.32 Å².